The molecule has 0 bridgehead atoms. The third-order valence-electron chi connectivity index (χ3n) is 2.45. The van der Waals surface area contributed by atoms with Crippen molar-refractivity contribution in [3.05, 3.63) is 47.8 Å². The monoisotopic (exact) mass is 278 g/mol. The van der Waals surface area contributed by atoms with Gasteiger partial charge in [0.15, 0.2) is 0 Å². The number of carbonyl (C=O) groups excluding carboxylic acids is 1. The highest BCUT2D eigenvalue weighted by atomic mass is 19.1. The topological polar surface area (TPSA) is 107 Å². The first-order valence-electron chi connectivity index (χ1n) is 5.63. The van der Waals surface area contributed by atoms with Gasteiger partial charge in [0.05, 0.1) is 17.8 Å². The normalized spacial score (nSPS) is 10.1. The molecule has 8 heteroatoms. The molecule has 1 aromatic carbocycles. The van der Waals surface area contributed by atoms with Crippen molar-refractivity contribution >= 4 is 17.7 Å². The molecule has 0 aliphatic carbocycles. The lowest BCUT2D eigenvalue weighted by molar-refractivity contribution is 0.0697. The summed E-state index contributed by atoms with van der Waals surface area (Å²) in [5, 5.41) is 13.5. The Morgan fingerprint density at radius 3 is 2.85 bits per heavy atom. The van der Waals surface area contributed by atoms with E-state index in [0.29, 0.717) is 5.82 Å². The Kier molecular flexibility index (Phi) is 3.94. The Labute approximate surface area is 112 Å². The van der Waals surface area contributed by atoms with Gasteiger partial charge in [0.1, 0.15) is 11.6 Å². The van der Waals surface area contributed by atoms with Gasteiger partial charge in [0.25, 0.3) is 0 Å². The van der Waals surface area contributed by atoms with Gasteiger partial charge in [0.2, 0.25) is 0 Å². The number of carboxylic acid groups (broad SMARTS) is 1. The second-order valence-corrected chi connectivity index (χ2v) is 3.81. The second-order valence-electron chi connectivity index (χ2n) is 3.81. The minimum Gasteiger partial charge on any atom is -0.478 e. The number of nitrogens with zero attached hydrogens (tertiary/aromatic N) is 1. The number of H-pyrrole nitrogens is 1. The third-order valence-corrected chi connectivity index (χ3v) is 2.45. The SMILES string of the molecule is O=C(NCc1ncc[nH]1)Nc1c(F)cccc1C(=O)O. The molecule has 104 valence electrons. The largest absolute Gasteiger partial charge is 0.478 e. The number of benzene rings is 1. The number of carbonyl (C=O) groups is 2. The number of carboxylic acids is 1. The molecule has 0 saturated heterocycles. The zero-order chi connectivity index (χ0) is 14.5. The minimum atomic E-state index is -1.33. The fraction of sp³-hybridized carbons (Fsp3) is 0.0833. The molecule has 7 nitrogen and oxygen atoms in total. The van der Waals surface area contributed by atoms with Crippen molar-refractivity contribution in [2.24, 2.45) is 0 Å². The van der Waals surface area contributed by atoms with Gasteiger partial charge in [-0.1, -0.05) is 6.07 Å². The molecule has 0 aliphatic heterocycles. The van der Waals surface area contributed by atoms with E-state index in [1.807, 2.05) is 0 Å². The number of aromatic nitrogens is 2. The molecule has 0 fully saturated rings. The fourth-order valence-electron chi connectivity index (χ4n) is 1.55. The lowest BCUT2D eigenvalue weighted by Gasteiger charge is -2.10. The van der Waals surface area contributed by atoms with E-state index in [1.54, 1.807) is 6.20 Å². The molecule has 0 saturated carbocycles. The summed E-state index contributed by atoms with van der Waals surface area (Å²) in [4.78, 5) is 29.2. The highest BCUT2D eigenvalue weighted by Crippen LogP contribution is 2.19. The van der Waals surface area contributed by atoms with Gasteiger partial charge >= 0.3 is 12.0 Å². The number of urea groups is 1. The summed E-state index contributed by atoms with van der Waals surface area (Å²) in [6.07, 6.45) is 3.11. The Hall–Kier alpha value is -2.90. The highest BCUT2D eigenvalue weighted by molar-refractivity contribution is 6.00. The molecule has 1 heterocycles. The van der Waals surface area contributed by atoms with Gasteiger partial charge < -0.3 is 20.7 Å². The summed E-state index contributed by atoms with van der Waals surface area (Å²) in [7, 11) is 0. The van der Waals surface area contributed by atoms with Gasteiger partial charge in [-0.05, 0) is 12.1 Å². The van der Waals surface area contributed by atoms with E-state index in [0.717, 1.165) is 6.07 Å². The third kappa shape index (κ3) is 3.10. The van der Waals surface area contributed by atoms with Crippen LogP contribution in [0, 0.1) is 5.82 Å². The van der Waals surface area contributed by atoms with Gasteiger partial charge in [-0.25, -0.2) is 19.0 Å². The zero-order valence-electron chi connectivity index (χ0n) is 10.2. The van der Waals surface area contributed by atoms with Crippen molar-refractivity contribution in [2.75, 3.05) is 5.32 Å². The molecule has 0 radical (unpaired) electrons. The number of hydrogen-bond acceptors (Lipinski definition) is 3. The van der Waals surface area contributed by atoms with E-state index < -0.39 is 17.8 Å². The maximum atomic E-state index is 13.6. The predicted octanol–water partition coefficient (Wildman–Crippen LogP) is 1.57. The number of amides is 2. The first-order chi connectivity index (χ1) is 9.58. The van der Waals surface area contributed by atoms with Crippen LogP contribution in [-0.4, -0.2) is 27.1 Å². The predicted molar refractivity (Wildman–Crippen MR) is 67.8 cm³/mol. The maximum Gasteiger partial charge on any atom is 0.337 e. The molecule has 2 amide bonds. The molecule has 2 aromatic rings. The van der Waals surface area contributed by atoms with E-state index in [2.05, 4.69) is 20.6 Å². The van der Waals surface area contributed by atoms with E-state index in [-0.39, 0.29) is 17.8 Å². The molecule has 20 heavy (non-hydrogen) atoms. The van der Waals surface area contributed by atoms with Gasteiger partial charge in [-0.15, -0.1) is 0 Å². The van der Waals surface area contributed by atoms with E-state index in [9.17, 15) is 14.0 Å². The van der Waals surface area contributed by atoms with E-state index >= 15 is 0 Å². The summed E-state index contributed by atoms with van der Waals surface area (Å²) in [6.45, 7) is 0.107. The van der Waals surface area contributed by atoms with Crippen LogP contribution in [0.5, 0.6) is 0 Å². The first kappa shape index (κ1) is 13.5. The number of halogens is 1. The molecule has 4 N–H and O–H groups in total. The number of rotatable bonds is 4. The second kappa shape index (κ2) is 5.83. The molecule has 1 aromatic heterocycles. The first-order valence-corrected chi connectivity index (χ1v) is 5.63. The Bertz CT molecular complexity index is 628. The van der Waals surface area contributed by atoms with E-state index in [4.69, 9.17) is 5.11 Å². The number of aromatic carboxylic acids is 1. The van der Waals surface area contributed by atoms with Crippen molar-refractivity contribution in [1.82, 2.24) is 15.3 Å². The van der Waals surface area contributed by atoms with Gasteiger partial charge in [-0.3, -0.25) is 0 Å². The summed E-state index contributed by atoms with van der Waals surface area (Å²) in [5.41, 5.74) is -0.699. The summed E-state index contributed by atoms with van der Waals surface area (Å²) >= 11 is 0. The van der Waals surface area contributed by atoms with Crippen LogP contribution in [-0.2, 0) is 6.54 Å². The molecule has 0 aliphatic rings. The van der Waals surface area contributed by atoms with Crippen LogP contribution in [0.1, 0.15) is 16.2 Å². The minimum absolute atomic E-state index is 0.107. The number of aromatic amines is 1. The average Bonchev–Trinajstić information content (AvgIpc) is 2.91. The van der Waals surface area contributed by atoms with Crippen molar-refractivity contribution < 1.29 is 19.1 Å². The number of hydrogen-bond donors (Lipinski definition) is 4. The smallest absolute Gasteiger partial charge is 0.337 e. The molecular formula is C12H11FN4O3. The van der Waals surface area contributed by atoms with Crippen LogP contribution in [0.15, 0.2) is 30.6 Å². The van der Waals surface area contributed by atoms with Gasteiger partial charge in [0, 0.05) is 12.4 Å². The van der Waals surface area contributed by atoms with Crippen molar-refractivity contribution in [2.45, 2.75) is 6.54 Å². The average molecular weight is 278 g/mol. The summed E-state index contributed by atoms with van der Waals surface area (Å²) < 4.78 is 13.6. The lowest BCUT2D eigenvalue weighted by atomic mass is 10.1. The maximum absolute atomic E-state index is 13.6. The number of para-hydroxylation sites is 1. The number of anilines is 1. The van der Waals surface area contributed by atoms with Crippen LogP contribution in [0.25, 0.3) is 0 Å². The fourth-order valence-corrected chi connectivity index (χ4v) is 1.55. The standard InChI is InChI=1S/C12H11FN4O3/c13-8-3-1-2-7(11(18)19)10(8)17-12(20)16-6-9-14-4-5-15-9/h1-5H,6H2,(H,14,15)(H,18,19)(H2,16,17,20). The summed E-state index contributed by atoms with van der Waals surface area (Å²) in [6, 6.07) is 2.79. The van der Waals surface area contributed by atoms with Crippen LogP contribution >= 0.6 is 0 Å². The molecule has 0 atom stereocenters. The molecule has 2 rings (SSSR count). The molecule has 0 unspecified atom stereocenters. The number of imidazole rings is 1. The number of nitrogens with one attached hydrogen (secondary N) is 3. The van der Waals surface area contributed by atoms with Gasteiger partial charge in [-0.2, -0.15) is 0 Å². The van der Waals surface area contributed by atoms with Crippen molar-refractivity contribution in [3.8, 4) is 0 Å². The van der Waals surface area contributed by atoms with E-state index in [1.165, 1.54) is 18.3 Å². The summed E-state index contributed by atoms with van der Waals surface area (Å²) in [5.74, 6) is -1.63. The molecular weight excluding hydrogens is 267 g/mol. The van der Waals surface area contributed by atoms with Crippen molar-refractivity contribution in [1.29, 1.82) is 0 Å². The zero-order valence-corrected chi connectivity index (χ0v) is 10.2. The quantitative estimate of drug-likeness (QED) is 0.680. The highest BCUT2D eigenvalue weighted by Gasteiger charge is 2.16. The molecule has 0 spiro atoms. The van der Waals surface area contributed by atoms with Crippen LogP contribution < -0.4 is 10.6 Å². The Morgan fingerprint density at radius 1 is 1.40 bits per heavy atom. The lowest BCUT2D eigenvalue weighted by Crippen LogP contribution is -2.29. The van der Waals surface area contributed by atoms with Crippen LogP contribution in [0.4, 0.5) is 14.9 Å². The van der Waals surface area contributed by atoms with Crippen molar-refractivity contribution in [3.63, 3.8) is 0 Å². The Morgan fingerprint density at radius 2 is 2.20 bits per heavy atom. The Balaban J connectivity index is 2.06. The van der Waals surface area contributed by atoms with Crippen LogP contribution in [0.3, 0.4) is 0 Å². The van der Waals surface area contributed by atoms with Crippen LogP contribution in [0.2, 0.25) is 0 Å².